The van der Waals surface area contributed by atoms with E-state index in [1.807, 2.05) is 6.07 Å². The maximum atomic E-state index is 4.23. The molecule has 0 fully saturated rings. The van der Waals surface area contributed by atoms with Gasteiger partial charge in [-0.2, -0.15) is 0 Å². The van der Waals surface area contributed by atoms with Crippen LogP contribution in [0.25, 0.3) is 20.6 Å². The molecule has 0 radical (unpaired) electrons. The Morgan fingerprint density at radius 3 is 2.30 bits per heavy atom. The van der Waals surface area contributed by atoms with E-state index in [1.54, 1.807) is 11.8 Å². The first-order chi connectivity index (χ1) is 11.2. The minimum Gasteiger partial charge on any atom is -0.0898 e. The van der Waals surface area contributed by atoms with Crippen molar-refractivity contribution < 1.29 is 0 Å². The summed E-state index contributed by atoms with van der Waals surface area (Å²) in [6, 6.07) is 23.6. The first-order valence-electron chi connectivity index (χ1n) is 7.76. The molecule has 0 saturated heterocycles. The number of benzene rings is 3. The van der Waals surface area contributed by atoms with Crippen molar-refractivity contribution in [3.05, 3.63) is 96.1 Å². The number of aryl methyl sites for hydroxylation is 1. The second-order valence-electron chi connectivity index (χ2n) is 5.61. The molecule has 23 heavy (non-hydrogen) atoms. The number of allylic oxidation sites excluding steroid dienone is 1. The summed E-state index contributed by atoms with van der Waals surface area (Å²) in [6.07, 6.45) is 2.16. The van der Waals surface area contributed by atoms with Gasteiger partial charge in [0.15, 0.2) is 0 Å². The fraction of sp³-hybridized carbons (Fsp3) is 0.0909. The second kappa shape index (κ2) is 6.89. The quantitative estimate of drug-likeness (QED) is 0.503. The Hall–Kier alpha value is -2.25. The maximum Gasteiger partial charge on any atom is 0.0152 e. The third-order valence-electron chi connectivity index (χ3n) is 3.87. The molecule has 0 saturated carbocycles. The van der Waals surface area contributed by atoms with Crippen molar-refractivity contribution in [2.24, 2.45) is 0 Å². The number of hydrogen-bond acceptors (Lipinski definition) is 1. The van der Waals surface area contributed by atoms with Crippen LogP contribution in [0.3, 0.4) is 0 Å². The lowest BCUT2D eigenvalue weighted by Gasteiger charge is -2.11. The molecule has 3 aromatic carbocycles. The number of fused-ring (bicyclic) bond motifs is 1. The van der Waals surface area contributed by atoms with Crippen LogP contribution >= 0.6 is 11.8 Å². The van der Waals surface area contributed by atoms with Gasteiger partial charge < -0.3 is 0 Å². The molecule has 0 N–H and O–H groups in total. The molecule has 0 aliphatic carbocycles. The van der Waals surface area contributed by atoms with Crippen LogP contribution in [-0.4, -0.2) is 0 Å². The van der Waals surface area contributed by atoms with Crippen LogP contribution in [0.15, 0.2) is 79.4 Å². The number of hydrogen-bond donors (Lipinski definition) is 0. The zero-order valence-electron chi connectivity index (χ0n) is 13.5. The van der Waals surface area contributed by atoms with Crippen molar-refractivity contribution in [3.8, 4) is 0 Å². The predicted octanol–water partition coefficient (Wildman–Crippen LogP) is 6.91. The molecule has 114 valence electrons. The normalized spacial score (nSPS) is 11.7. The first kappa shape index (κ1) is 15.6. The van der Waals surface area contributed by atoms with Crippen molar-refractivity contribution in [2.75, 3.05) is 0 Å². The van der Waals surface area contributed by atoms with E-state index in [-0.39, 0.29) is 0 Å². The van der Waals surface area contributed by atoms with Gasteiger partial charge in [-0.25, -0.2) is 0 Å². The molecule has 0 aliphatic heterocycles. The molecule has 0 nitrogen and oxygen atoms in total. The Morgan fingerprint density at radius 2 is 1.57 bits per heavy atom. The van der Waals surface area contributed by atoms with Crippen LogP contribution in [0.2, 0.25) is 0 Å². The SMILES string of the molecule is C=C(S/C(=C\C)c1ccc2cc(C)ccc2c1)c1ccccc1. The van der Waals surface area contributed by atoms with E-state index in [9.17, 15) is 0 Å². The minimum absolute atomic E-state index is 1.07. The predicted molar refractivity (Wildman–Crippen MR) is 105 cm³/mol. The van der Waals surface area contributed by atoms with Gasteiger partial charge >= 0.3 is 0 Å². The molecule has 0 bridgehead atoms. The van der Waals surface area contributed by atoms with E-state index in [2.05, 4.69) is 87.2 Å². The summed E-state index contributed by atoms with van der Waals surface area (Å²) in [6.45, 7) is 8.45. The lowest BCUT2D eigenvalue weighted by Crippen LogP contribution is -1.84. The van der Waals surface area contributed by atoms with Gasteiger partial charge in [-0.15, -0.1) is 0 Å². The minimum atomic E-state index is 1.07. The van der Waals surface area contributed by atoms with Crippen molar-refractivity contribution >= 4 is 32.3 Å². The molecule has 0 aromatic heterocycles. The Bertz CT molecular complexity index is 873. The summed E-state index contributed by atoms with van der Waals surface area (Å²) in [5, 5.41) is 2.56. The lowest BCUT2D eigenvalue weighted by molar-refractivity contribution is 1.50. The largest absolute Gasteiger partial charge is 0.0898 e. The van der Waals surface area contributed by atoms with Gasteiger partial charge in [0, 0.05) is 9.81 Å². The summed E-state index contributed by atoms with van der Waals surface area (Å²) in [5.74, 6) is 0. The highest BCUT2D eigenvalue weighted by Crippen LogP contribution is 2.38. The van der Waals surface area contributed by atoms with Crippen molar-refractivity contribution in [1.82, 2.24) is 0 Å². The van der Waals surface area contributed by atoms with Crippen LogP contribution in [-0.2, 0) is 0 Å². The van der Waals surface area contributed by atoms with Crippen LogP contribution < -0.4 is 0 Å². The summed E-state index contributed by atoms with van der Waals surface area (Å²) in [5.41, 5.74) is 3.71. The Labute approximate surface area is 142 Å². The molecular weight excluding hydrogens is 296 g/mol. The fourth-order valence-corrected chi connectivity index (χ4v) is 3.50. The summed E-state index contributed by atoms with van der Waals surface area (Å²) >= 11 is 1.73. The van der Waals surface area contributed by atoms with Crippen molar-refractivity contribution in [1.29, 1.82) is 0 Å². The monoisotopic (exact) mass is 316 g/mol. The second-order valence-corrected chi connectivity index (χ2v) is 6.75. The molecule has 1 heteroatoms. The summed E-state index contributed by atoms with van der Waals surface area (Å²) < 4.78 is 0. The third-order valence-corrected chi connectivity index (χ3v) is 5.04. The summed E-state index contributed by atoms with van der Waals surface area (Å²) in [7, 11) is 0. The van der Waals surface area contributed by atoms with Gasteiger partial charge in [-0.1, -0.05) is 90.6 Å². The zero-order valence-corrected chi connectivity index (χ0v) is 14.4. The van der Waals surface area contributed by atoms with Crippen LogP contribution in [0.1, 0.15) is 23.6 Å². The molecule has 0 heterocycles. The molecule has 0 amide bonds. The topological polar surface area (TPSA) is 0 Å². The zero-order chi connectivity index (χ0) is 16.2. The summed E-state index contributed by atoms with van der Waals surface area (Å²) in [4.78, 5) is 2.31. The number of rotatable bonds is 4. The average Bonchev–Trinajstić information content (AvgIpc) is 2.59. The van der Waals surface area contributed by atoms with Gasteiger partial charge in [0.05, 0.1) is 0 Å². The number of thioether (sulfide) groups is 1. The van der Waals surface area contributed by atoms with Crippen LogP contribution in [0.5, 0.6) is 0 Å². The standard InChI is InChI=1S/C22H20S/c1-4-22(23-17(3)18-8-6-5-7-9-18)21-13-12-19-14-16(2)10-11-20(19)15-21/h4-15H,3H2,1-2H3/b22-4-. The highest BCUT2D eigenvalue weighted by molar-refractivity contribution is 8.16. The van der Waals surface area contributed by atoms with Gasteiger partial charge in [0.25, 0.3) is 0 Å². The van der Waals surface area contributed by atoms with Gasteiger partial charge in [0.2, 0.25) is 0 Å². The van der Waals surface area contributed by atoms with E-state index >= 15 is 0 Å². The third kappa shape index (κ3) is 3.57. The molecule has 0 atom stereocenters. The molecule has 3 aromatic rings. The van der Waals surface area contributed by atoms with E-state index in [4.69, 9.17) is 0 Å². The fourth-order valence-electron chi connectivity index (χ4n) is 2.62. The van der Waals surface area contributed by atoms with E-state index in [0.717, 1.165) is 4.91 Å². The lowest BCUT2D eigenvalue weighted by atomic mass is 10.0. The average molecular weight is 316 g/mol. The van der Waals surface area contributed by atoms with Gasteiger partial charge in [-0.05, 0) is 41.8 Å². The van der Waals surface area contributed by atoms with Gasteiger partial charge in [-0.3, -0.25) is 0 Å². The Morgan fingerprint density at radius 1 is 0.870 bits per heavy atom. The van der Waals surface area contributed by atoms with E-state index in [1.165, 1.54) is 32.4 Å². The highest BCUT2D eigenvalue weighted by atomic mass is 32.2. The highest BCUT2D eigenvalue weighted by Gasteiger charge is 2.07. The molecule has 0 aliphatic rings. The van der Waals surface area contributed by atoms with Crippen LogP contribution in [0.4, 0.5) is 0 Å². The maximum absolute atomic E-state index is 4.23. The molecule has 0 unspecified atom stereocenters. The van der Waals surface area contributed by atoms with Crippen molar-refractivity contribution in [2.45, 2.75) is 13.8 Å². The van der Waals surface area contributed by atoms with Crippen molar-refractivity contribution in [3.63, 3.8) is 0 Å². The van der Waals surface area contributed by atoms with E-state index in [0.29, 0.717) is 0 Å². The van der Waals surface area contributed by atoms with Crippen LogP contribution in [0, 0.1) is 6.92 Å². The van der Waals surface area contributed by atoms with Gasteiger partial charge in [0.1, 0.15) is 0 Å². The van der Waals surface area contributed by atoms with E-state index < -0.39 is 0 Å². The Balaban J connectivity index is 1.89. The molecular formula is C22H20S. The first-order valence-corrected chi connectivity index (χ1v) is 8.58. The Kier molecular flexibility index (Phi) is 4.68. The molecule has 0 spiro atoms. The molecule has 3 rings (SSSR count). The smallest absolute Gasteiger partial charge is 0.0152 e.